The highest BCUT2D eigenvalue weighted by atomic mass is 79.9. The van der Waals surface area contributed by atoms with Crippen molar-refractivity contribution >= 4 is 55.2 Å². The molecule has 0 N–H and O–H groups in total. The number of carbonyl (C=O) groups excluding carboxylic acids is 2. The summed E-state index contributed by atoms with van der Waals surface area (Å²) in [6, 6.07) is 13.1. The van der Waals surface area contributed by atoms with Gasteiger partial charge in [-0.1, -0.05) is 41.9 Å². The van der Waals surface area contributed by atoms with Crippen LogP contribution in [0.15, 0.2) is 48.5 Å². The van der Waals surface area contributed by atoms with Crippen LogP contribution in [0, 0.1) is 0 Å². The first-order chi connectivity index (χ1) is 11.3. The zero-order valence-corrected chi connectivity index (χ0v) is 16.5. The third kappa shape index (κ3) is 4.59. The summed E-state index contributed by atoms with van der Waals surface area (Å²) in [4.78, 5) is 25.0. The largest absolute Gasteiger partial charge is 0.493 e. The highest BCUT2D eigenvalue weighted by Gasteiger charge is 2.38. The molecule has 0 radical (unpaired) electrons. The maximum absolute atomic E-state index is 12.5. The molecule has 0 aliphatic heterocycles. The van der Waals surface area contributed by atoms with Crippen LogP contribution < -0.4 is 4.74 Å². The number of benzene rings is 2. The highest BCUT2D eigenvalue weighted by molar-refractivity contribution is 9.25. The van der Waals surface area contributed by atoms with Gasteiger partial charge < -0.3 is 9.47 Å². The van der Waals surface area contributed by atoms with Gasteiger partial charge in [0.25, 0.3) is 3.42 Å². The molecule has 0 aromatic heterocycles. The van der Waals surface area contributed by atoms with E-state index in [0.717, 1.165) is 0 Å². The van der Waals surface area contributed by atoms with Gasteiger partial charge in [0.15, 0.2) is 0 Å². The number of carbonyl (C=O) groups is 2. The van der Waals surface area contributed by atoms with Gasteiger partial charge >= 0.3 is 5.97 Å². The lowest BCUT2D eigenvalue weighted by Gasteiger charge is -2.20. The first kappa shape index (κ1) is 19.0. The van der Waals surface area contributed by atoms with Crippen LogP contribution in [0.3, 0.4) is 0 Å². The first-order valence-electron chi connectivity index (χ1n) is 6.98. The van der Waals surface area contributed by atoms with Gasteiger partial charge in [-0.2, -0.15) is 0 Å². The number of esters is 1. The number of Topliss-reactive ketones (excluding diaryl/α,β-unsaturated/α-hetero) is 1. The zero-order chi connectivity index (χ0) is 17.7. The van der Waals surface area contributed by atoms with Crippen LogP contribution >= 0.6 is 43.5 Å². The lowest BCUT2D eigenvalue weighted by Crippen LogP contribution is -2.31. The van der Waals surface area contributed by atoms with Crippen LogP contribution in [-0.2, 0) is 4.74 Å². The molecule has 2 rings (SSSR count). The fourth-order valence-corrected chi connectivity index (χ4v) is 2.84. The van der Waals surface area contributed by atoms with Gasteiger partial charge in [0.2, 0.25) is 5.78 Å². The summed E-state index contributed by atoms with van der Waals surface area (Å²) in [6.45, 7) is 2.17. The summed E-state index contributed by atoms with van der Waals surface area (Å²) >= 11 is 12.2. The van der Waals surface area contributed by atoms with E-state index in [4.69, 9.17) is 21.1 Å². The summed E-state index contributed by atoms with van der Waals surface area (Å²) in [5.74, 6) is -0.870. The highest BCUT2D eigenvalue weighted by Crippen LogP contribution is 2.34. The third-order valence-corrected chi connectivity index (χ3v) is 4.26. The van der Waals surface area contributed by atoms with Crippen molar-refractivity contribution in [3.63, 3.8) is 0 Å². The number of rotatable bonds is 6. The molecule has 126 valence electrons. The Balaban J connectivity index is 2.25. The maximum Gasteiger partial charge on any atom is 0.344 e. The molecule has 0 bridgehead atoms. The van der Waals surface area contributed by atoms with E-state index >= 15 is 0 Å². The molecular formula is C17H13Br2ClO4. The Hall–Kier alpha value is -1.37. The second-order valence-electron chi connectivity index (χ2n) is 4.67. The second-order valence-corrected chi connectivity index (χ2v) is 8.41. The maximum atomic E-state index is 12.5. The molecule has 0 aliphatic carbocycles. The van der Waals surface area contributed by atoms with Crippen molar-refractivity contribution in [2.24, 2.45) is 0 Å². The van der Waals surface area contributed by atoms with Crippen molar-refractivity contribution in [2.75, 3.05) is 6.61 Å². The normalized spacial score (nSPS) is 11.0. The van der Waals surface area contributed by atoms with Crippen LogP contribution in [0.5, 0.6) is 5.75 Å². The topological polar surface area (TPSA) is 52.6 Å². The van der Waals surface area contributed by atoms with Crippen LogP contribution in [0.1, 0.15) is 27.6 Å². The Labute approximate surface area is 161 Å². The number of ether oxygens (including phenoxy) is 2. The van der Waals surface area contributed by atoms with Crippen molar-refractivity contribution in [3.05, 3.63) is 64.7 Å². The quantitative estimate of drug-likeness (QED) is 0.326. The molecule has 0 aliphatic rings. The molecule has 0 amide bonds. The van der Waals surface area contributed by atoms with Crippen LogP contribution in [0.4, 0.5) is 0 Å². The Bertz CT molecular complexity index is 748. The Kier molecular flexibility index (Phi) is 6.43. The van der Waals surface area contributed by atoms with Gasteiger partial charge in [-0.3, -0.25) is 4.79 Å². The molecule has 7 heteroatoms. The van der Waals surface area contributed by atoms with Crippen molar-refractivity contribution in [1.29, 1.82) is 0 Å². The number of hydrogen-bond donors (Lipinski definition) is 0. The van der Waals surface area contributed by atoms with E-state index in [9.17, 15) is 9.59 Å². The van der Waals surface area contributed by atoms with Crippen LogP contribution in [-0.4, -0.2) is 21.8 Å². The summed E-state index contributed by atoms with van der Waals surface area (Å²) in [5, 5.41) is 0.356. The summed E-state index contributed by atoms with van der Waals surface area (Å²) in [6.07, 6.45) is 0. The predicted octanol–water partition coefficient (Wildman–Crippen LogP) is 5.22. The lowest BCUT2D eigenvalue weighted by atomic mass is 10.1. The SMILES string of the molecule is CCOc1ccc(Cl)cc1C(=O)OC(Br)(Br)C(=O)c1ccccc1. The van der Waals surface area contributed by atoms with Gasteiger partial charge in [0.05, 0.1) is 6.61 Å². The molecule has 0 fully saturated rings. The minimum Gasteiger partial charge on any atom is -0.493 e. The molecule has 0 saturated heterocycles. The molecule has 24 heavy (non-hydrogen) atoms. The van der Waals surface area contributed by atoms with E-state index in [1.165, 1.54) is 6.07 Å². The monoisotopic (exact) mass is 474 g/mol. The van der Waals surface area contributed by atoms with E-state index in [1.807, 2.05) is 0 Å². The van der Waals surface area contributed by atoms with E-state index in [2.05, 4.69) is 31.9 Å². The smallest absolute Gasteiger partial charge is 0.344 e. The van der Waals surface area contributed by atoms with Crippen LogP contribution in [0.2, 0.25) is 5.02 Å². The summed E-state index contributed by atoms with van der Waals surface area (Å²) < 4.78 is 9.00. The number of hydrogen-bond acceptors (Lipinski definition) is 4. The average Bonchev–Trinajstić information content (AvgIpc) is 2.56. The van der Waals surface area contributed by atoms with Gasteiger partial charge in [0, 0.05) is 10.6 Å². The van der Waals surface area contributed by atoms with Gasteiger partial charge in [0.1, 0.15) is 11.3 Å². The molecule has 2 aromatic rings. The fourth-order valence-electron chi connectivity index (χ4n) is 1.92. The minimum absolute atomic E-state index is 0.133. The van der Waals surface area contributed by atoms with Crippen LogP contribution in [0.25, 0.3) is 0 Å². The van der Waals surface area contributed by atoms with Crippen molar-refractivity contribution < 1.29 is 19.1 Å². The minimum atomic E-state index is -1.69. The molecule has 0 atom stereocenters. The second kappa shape index (κ2) is 8.14. The van der Waals surface area contributed by atoms with Crippen molar-refractivity contribution in [2.45, 2.75) is 10.3 Å². The standard InChI is InChI=1S/C17H13Br2ClO4/c1-2-23-14-9-8-12(20)10-13(14)16(22)24-17(18,19)15(21)11-6-4-3-5-7-11/h3-10H,2H2,1H3. The average molecular weight is 477 g/mol. The van der Waals surface area contributed by atoms with E-state index in [0.29, 0.717) is 22.9 Å². The number of halogens is 3. The van der Waals surface area contributed by atoms with Crippen molar-refractivity contribution in [3.8, 4) is 5.75 Å². The van der Waals surface area contributed by atoms with Gasteiger partial charge in [-0.05, 0) is 57.0 Å². The van der Waals surface area contributed by atoms with Gasteiger partial charge in [-0.25, -0.2) is 4.79 Å². The molecule has 0 saturated carbocycles. The lowest BCUT2D eigenvalue weighted by molar-refractivity contribution is 0.0393. The summed E-state index contributed by atoms with van der Waals surface area (Å²) in [5.41, 5.74) is 0.517. The molecule has 0 spiro atoms. The Morgan fingerprint density at radius 1 is 1.12 bits per heavy atom. The summed E-state index contributed by atoms with van der Waals surface area (Å²) in [7, 11) is 0. The number of ketones is 1. The third-order valence-electron chi connectivity index (χ3n) is 2.98. The molecule has 2 aromatic carbocycles. The fraction of sp³-hybridized carbons (Fsp3) is 0.176. The van der Waals surface area contributed by atoms with Gasteiger partial charge in [-0.15, -0.1) is 0 Å². The Morgan fingerprint density at radius 2 is 1.79 bits per heavy atom. The predicted molar refractivity (Wildman–Crippen MR) is 99.4 cm³/mol. The molecule has 4 nitrogen and oxygen atoms in total. The Morgan fingerprint density at radius 3 is 2.42 bits per heavy atom. The first-order valence-corrected chi connectivity index (χ1v) is 8.95. The number of alkyl halides is 2. The molecule has 0 heterocycles. The molecular weight excluding hydrogens is 463 g/mol. The zero-order valence-electron chi connectivity index (χ0n) is 12.6. The van der Waals surface area contributed by atoms with E-state index in [-0.39, 0.29) is 5.56 Å². The van der Waals surface area contributed by atoms with E-state index < -0.39 is 15.2 Å². The molecule has 0 unspecified atom stereocenters. The van der Waals surface area contributed by atoms with E-state index in [1.54, 1.807) is 49.4 Å². The van der Waals surface area contributed by atoms with Crippen molar-refractivity contribution in [1.82, 2.24) is 0 Å².